The largest absolute Gasteiger partial charge is 0.246 e. The van der Waals surface area contributed by atoms with Crippen molar-refractivity contribution in [2.24, 2.45) is 0 Å². The molecule has 3 nitrogen and oxygen atoms in total. The molecular weight excluding hydrogens is 277 g/mol. The maximum Gasteiger partial charge on any atom is 0.223 e. The molecule has 0 saturated carbocycles. The number of aryl methyl sites for hydroxylation is 2. The molecule has 0 aliphatic rings. The molecule has 17 heavy (non-hydrogen) atoms. The van der Waals surface area contributed by atoms with Gasteiger partial charge in [0.15, 0.2) is 0 Å². The minimum Gasteiger partial charge on any atom is -0.246 e. The van der Waals surface area contributed by atoms with E-state index in [1.54, 1.807) is 0 Å². The monoisotopic (exact) mass is 285 g/mol. The summed E-state index contributed by atoms with van der Waals surface area (Å²) in [4.78, 5) is 12.3. The van der Waals surface area contributed by atoms with Crippen LogP contribution in [0.3, 0.4) is 0 Å². The van der Waals surface area contributed by atoms with E-state index in [4.69, 9.17) is 23.2 Å². The molecule has 2 aromatic rings. The predicted octanol–water partition coefficient (Wildman–Crippen LogP) is 3.95. The second kappa shape index (κ2) is 5.21. The van der Waals surface area contributed by atoms with Gasteiger partial charge in [-0.15, -0.1) is 0 Å². The Hall–Kier alpha value is -0.840. The lowest BCUT2D eigenvalue weighted by molar-refractivity contribution is 1.02. The van der Waals surface area contributed by atoms with Crippen molar-refractivity contribution < 1.29 is 0 Å². The van der Waals surface area contributed by atoms with Gasteiger partial charge in [-0.25, -0.2) is 15.0 Å². The summed E-state index contributed by atoms with van der Waals surface area (Å²) in [7, 11) is 0. The van der Waals surface area contributed by atoms with Gasteiger partial charge in [-0.3, -0.25) is 0 Å². The van der Waals surface area contributed by atoms with Crippen LogP contribution in [0.15, 0.2) is 28.4 Å². The number of pyridine rings is 1. The topological polar surface area (TPSA) is 38.7 Å². The van der Waals surface area contributed by atoms with Crippen LogP contribution in [-0.2, 0) is 0 Å². The first-order chi connectivity index (χ1) is 8.04. The molecule has 2 aromatic heterocycles. The van der Waals surface area contributed by atoms with Crippen LogP contribution in [0, 0.1) is 13.8 Å². The van der Waals surface area contributed by atoms with Crippen LogP contribution in [0.5, 0.6) is 0 Å². The molecule has 0 bridgehead atoms. The van der Waals surface area contributed by atoms with Gasteiger partial charge in [0.05, 0.1) is 11.2 Å². The highest BCUT2D eigenvalue weighted by Crippen LogP contribution is 2.31. The van der Waals surface area contributed by atoms with Gasteiger partial charge in [0, 0.05) is 5.69 Å². The zero-order valence-corrected chi connectivity index (χ0v) is 11.6. The van der Waals surface area contributed by atoms with E-state index in [1.165, 1.54) is 18.0 Å². The average Bonchev–Trinajstić information content (AvgIpc) is 2.22. The molecule has 2 rings (SSSR count). The summed E-state index contributed by atoms with van der Waals surface area (Å²) >= 11 is 13.1. The van der Waals surface area contributed by atoms with Crippen molar-refractivity contribution in [1.82, 2.24) is 15.0 Å². The van der Waals surface area contributed by atoms with E-state index in [0.29, 0.717) is 10.0 Å². The van der Waals surface area contributed by atoms with Crippen LogP contribution < -0.4 is 0 Å². The lowest BCUT2D eigenvalue weighted by Crippen LogP contribution is -1.90. The van der Waals surface area contributed by atoms with Crippen molar-refractivity contribution in [3.05, 3.63) is 39.9 Å². The van der Waals surface area contributed by atoms with Crippen molar-refractivity contribution in [3.8, 4) is 0 Å². The Balaban J connectivity index is 2.34. The van der Waals surface area contributed by atoms with Crippen molar-refractivity contribution >= 4 is 35.0 Å². The van der Waals surface area contributed by atoms with Crippen LogP contribution in [0.1, 0.15) is 11.3 Å². The third-order valence-corrected chi connectivity index (χ3v) is 3.45. The normalized spacial score (nSPS) is 10.6. The van der Waals surface area contributed by atoms with Gasteiger partial charge >= 0.3 is 0 Å². The standard InChI is InChI=1S/C11H9Cl2N3S/c1-6-3-7(2)15-9(4-6)17-10-8(12)5-14-11(13)16-10/h3-5H,1-2H3. The number of halogens is 2. The summed E-state index contributed by atoms with van der Waals surface area (Å²) in [6.07, 6.45) is 1.49. The summed E-state index contributed by atoms with van der Waals surface area (Å²) in [5.41, 5.74) is 2.11. The molecule has 0 aliphatic heterocycles. The maximum absolute atomic E-state index is 5.99. The van der Waals surface area contributed by atoms with E-state index >= 15 is 0 Å². The number of nitrogens with zero attached hydrogens (tertiary/aromatic N) is 3. The fraction of sp³-hybridized carbons (Fsp3) is 0.182. The van der Waals surface area contributed by atoms with Gasteiger partial charge in [0.2, 0.25) is 5.28 Å². The van der Waals surface area contributed by atoms with E-state index in [9.17, 15) is 0 Å². The molecule has 88 valence electrons. The Bertz CT molecular complexity index is 540. The van der Waals surface area contributed by atoms with Gasteiger partial charge in [-0.1, -0.05) is 11.6 Å². The number of hydrogen-bond acceptors (Lipinski definition) is 4. The Morgan fingerprint density at radius 1 is 1.12 bits per heavy atom. The first-order valence-corrected chi connectivity index (χ1v) is 6.43. The van der Waals surface area contributed by atoms with Crippen LogP contribution in [0.2, 0.25) is 10.3 Å². The minimum absolute atomic E-state index is 0.182. The highest BCUT2D eigenvalue weighted by molar-refractivity contribution is 7.99. The fourth-order valence-corrected chi connectivity index (χ4v) is 2.66. The highest BCUT2D eigenvalue weighted by atomic mass is 35.5. The van der Waals surface area contributed by atoms with E-state index in [0.717, 1.165) is 16.3 Å². The highest BCUT2D eigenvalue weighted by Gasteiger charge is 2.08. The summed E-state index contributed by atoms with van der Waals surface area (Å²) in [6, 6.07) is 3.99. The quantitative estimate of drug-likeness (QED) is 0.619. The first-order valence-electron chi connectivity index (χ1n) is 4.86. The Morgan fingerprint density at radius 3 is 2.59 bits per heavy atom. The number of aromatic nitrogens is 3. The lowest BCUT2D eigenvalue weighted by atomic mass is 10.3. The zero-order valence-electron chi connectivity index (χ0n) is 9.24. The first kappa shape index (κ1) is 12.6. The molecule has 2 heterocycles. The summed E-state index contributed by atoms with van der Waals surface area (Å²) in [6.45, 7) is 3.97. The van der Waals surface area contributed by atoms with E-state index in [1.807, 2.05) is 26.0 Å². The van der Waals surface area contributed by atoms with Crippen LogP contribution in [0.4, 0.5) is 0 Å². The minimum atomic E-state index is 0.182. The SMILES string of the molecule is Cc1cc(C)nc(Sc2nc(Cl)ncc2Cl)c1. The molecule has 6 heteroatoms. The van der Waals surface area contributed by atoms with Gasteiger partial charge in [0.1, 0.15) is 10.1 Å². The molecule has 0 aromatic carbocycles. The summed E-state index contributed by atoms with van der Waals surface area (Å²) in [5.74, 6) is 0. The molecule has 0 spiro atoms. The molecule has 0 saturated heterocycles. The Labute approximate surface area is 114 Å². The molecule has 0 atom stereocenters. The zero-order chi connectivity index (χ0) is 12.4. The molecular formula is C11H9Cl2N3S. The average molecular weight is 286 g/mol. The Kier molecular flexibility index (Phi) is 3.86. The molecule has 0 radical (unpaired) electrons. The third-order valence-electron chi connectivity index (χ3n) is 1.96. The second-order valence-corrected chi connectivity index (χ2v) is 5.27. The van der Waals surface area contributed by atoms with Gasteiger partial charge in [-0.05, 0) is 54.9 Å². The van der Waals surface area contributed by atoms with E-state index in [-0.39, 0.29) is 5.28 Å². The summed E-state index contributed by atoms with van der Waals surface area (Å²) < 4.78 is 0. The maximum atomic E-state index is 5.99. The van der Waals surface area contributed by atoms with Crippen molar-refractivity contribution in [3.63, 3.8) is 0 Å². The second-order valence-electron chi connectivity index (χ2n) is 3.52. The predicted molar refractivity (Wildman–Crippen MR) is 69.9 cm³/mol. The smallest absolute Gasteiger partial charge is 0.223 e. The van der Waals surface area contributed by atoms with Crippen molar-refractivity contribution in [1.29, 1.82) is 0 Å². The van der Waals surface area contributed by atoms with Gasteiger partial charge in [0.25, 0.3) is 0 Å². The number of rotatable bonds is 2. The van der Waals surface area contributed by atoms with Crippen molar-refractivity contribution in [2.45, 2.75) is 23.9 Å². The summed E-state index contributed by atoms with van der Waals surface area (Å²) in [5, 5.41) is 2.12. The van der Waals surface area contributed by atoms with Gasteiger partial charge in [-0.2, -0.15) is 0 Å². The lowest BCUT2D eigenvalue weighted by Gasteiger charge is -2.04. The van der Waals surface area contributed by atoms with Gasteiger partial charge < -0.3 is 0 Å². The van der Waals surface area contributed by atoms with Crippen molar-refractivity contribution in [2.75, 3.05) is 0 Å². The van der Waals surface area contributed by atoms with E-state index < -0.39 is 0 Å². The van der Waals surface area contributed by atoms with E-state index in [2.05, 4.69) is 15.0 Å². The van der Waals surface area contributed by atoms with Crippen LogP contribution in [-0.4, -0.2) is 15.0 Å². The van der Waals surface area contributed by atoms with Crippen LogP contribution >= 0.6 is 35.0 Å². The van der Waals surface area contributed by atoms with Crippen LogP contribution in [0.25, 0.3) is 0 Å². The molecule has 0 amide bonds. The molecule has 0 N–H and O–H groups in total. The fourth-order valence-electron chi connectivity index (χ4n) is 1.36. The molecule has 0 aliphatic carbocycles. The molecule has 0 fully saturated rings. The number of hydrogen-bond donors (Lipinski definition) is 0. The molecule has 0 unspecified atom stereocenters. The third kappa shape index (κ3) is 3.31. The Morgan fingerprint density at radius 2 is 1.88 bits per heavy atom.